The molecule has 0 radical (unpaired) electrons. The fourth-order valence-corrected chi connectivity index (χ4v) is 23.4. The molecular formula is C131H123N5O3S8. The molecule has 15 aromatic heterocycles. The van der Waals surface area contributed by atoms with Gasteiger partial charge in [0.05, 0.1) is 69.1 Å². The van der Waals surface area contributed by atoms with Gasteiger partial charge in [0.15, 0.2) is 0 Å². The number of hydrogen-bond acceptors (Lipinski definition) is 12. The Kier molecular flexibility index (Phi) is 36.2. The molecule has 0 aliphatic carbocycles. The number of hydrogen-bond donors (Lipinski definition) is 0. The largest absolute Gasteiger partial charge is 0.472 e. The number of benzene rings is 12. The van der Waals surface area contributed by atoms with Crippen LogP contribution in [-0.2, 0) is 5.41 Å². The molecule has 0 bridgehead atoms. The lowest BCUT2D eigenvalue weighted by Gasteiger charge is -2.15. The van der Waals surface area contributed by atoms with Gasteiger partial charge in [0.1, 0.15) is 11.5 Å². The van der Waals surface area contributed by atoms with E-state index in [1.807, 2.05) is 96.5 Å². The first-order valence-electron chi connectivity index (χ1n) is 49.1. The zero-order valence-electron chi connectivity index (χ0n) is 86.3. The second-order valence-corrected chi connectivity index (χ2v) is 46.6. The summed E-state index contributed by atoms with van der Waals surface area (Å²) in [7, 11) is 0. The summed E-state index contributed by atoms with van der Waals surface area (Å²) in [4.78, 5) is 14.0. The summed E-state index contributed by atoms with van der Waals surface area (Å²) < 4.78 is 25.3. The van der Waals surface area contributed by atoms with Gasteiger partial charge in [0, 0.05) is 125 Å². The number of para-hydroxylation sites is 6. The number of thiophene rings is 8. The first-order chi connectivity index (χ1) is 71.3. The predicted molar refractivity (Wildman–Crippen MR) is 646 cm³/mol. The van der Waals surface area contributed by atoms with Crippen LogP contribution in [0.1, 0.15) is 98.4 Å². The molecule has 0 aliphatic rings. The number of nitrogens with zero attached hydrogens (tertiary/aromatic N) is 5. The fourth-order valence-electron chi connectivity index (χ4n) is 17.3. The van der Waals surface area contributed by atoms with Crippen molar-refractivity contribution < 1.29 is 13.4 Å². The quantitative estimate of drug-likeness (QED) is 0.166. The van der Waals surface area contributed by atoms with Crippen LogP contribution in [-0.4, -0.2) is 23.4 Å². The predicted octanol–water partition coefficient (Wildman–Crippen LogP) is 41.4. The van der Waals surface area contributed by atoms with Crippen molar-refractivity contribution in [2.45, 2.75) is 123 Å². The van der Waals surface area contributed by atoms with Crippen molar-refractivity contribution in [2.24, 2.45) is 0 Å². The molecule has 0 N–H and O–H groups in total. The van der Waals surface area contributed by atoms with E-state index in [2.05, 4.69) is 498 Å². The normalized spacial score (nSPS) is 10.8. The Morgan fingerprint density at radius 1 is 0.259 bits per heavy atom. The molecule has 0 amide bonds. The van der Waals surface area contributed by atoms with Crippen molar-refractivity contribution in [1.29, 1.82) is 0 Å². The molecule has 738 valence electrons. The summed E-state index contributed by atoms with van der Waals surface area (Å²) in [6.07, 6.45) is 6.65. The average Bonchev–Trinajstić information content (AvgIpc) is 1.55. The number of rotatable bonds is 6. The Hall–Kier alpha value is -14.5. The van der Waals surface area contributed by atoms with Crippen LogP contribution in [0, 0.1) is 96.9 Å². The van der Waals surface area contributed by atoms with Crippen molar-refractivity contribution in [3.8, 4) is 44.3 Å². The Bertz CT molecular complexity index is 8110. The topological polar surface area (TPSA) is 72.0 Å². The first kappa shape index (κ1) is 105. The minimum absolute atomic E-state index is 0.332. The van der Waals surface area contributed by atoms with Crippen molar-refractivity contribution in [1.82, 2.24) is 23.4 Å². The van der Waals surface area contributed by atoms with Crippen molar-refractivity contribution in [3.63, 3.8) is 0 Å². The van der Waals surface area contributed by atoms with Crippen LogP contribution in [0.5, 0.6) is 0 Å². The molecule has 0 unspecified atom stereocenters. The van der Waals surface area contributed by atoms with E-state index < -0.39 is 0 Å². The molecule has 0 saturated heterocycles. The highest BCUT2D eigenvalue weighted by molar-refractivity contribution is 7.19. The fraction of sp³-hybridized carbons (Fsp3) is 0.137. The Morgan fingerprint density at radius 2 is 0.735 bits per heavy atom. The molecule has 8 nitrogen and oxygen atoms in total. The number of furan rings is 2. The third-order valence-electron chi connectivity index (χ3n) is 24.1. The van der Waals surface area contributed by atoms with Crippen LogP contribution in [0.25, 0.3) is 142 Å². The molecule has 0 aliphatic heterocycles. The zero-order valence-corrected chi connectivity index (χ0v) is 92.8. The summed E-state index contributed by atoms with van der Waals surface area (Å²) in [6.45, 7) is 36.0. The van der Waals surface area contributed by atoms with Crippen LogP contribution < -0.4 is 0 Å². The van der Waals surface area contributed by atoms with Crippen LogP contribution in [0.15, 0.2) is 447 Å². The minimum atomic E-state index is 0.332. The maximum atomic E-state index is 4.83. The van der Waals surface area contributed by atoms with Crippen LogP contribution >= 0.6 is 90.7 Å². The minimum Gasteiger partial charge on any atom is -0.472 e. The molecule has 16 heteroatoms. The maximum absolute atomic E-state index is 4.83. The monoisotopic (exact) mass is 2070 g/mol. The van der Waals surface area contributed by atoms with Gasteiger partial charge in [0.2, 0.25) is 0 Å². The van der Waals surface area contributed by atoms with E-state index in [4.69, 9.17) is 8.83 Å². The summed E-state index contributed by atoms with van der Waals surface area (Å²) in [5.74, 6) is 1.82. The van der Waals surface area contributed by atoms with Crippen LogP contribution in [0.3, 0.4) is 0 Å². The second kappa shape index (κ2) is 50.5. The van der Waals surface area contributed by atoms with Crippen molar-refractivity contribution >= 4 is 188 Å². The maximum Gasteiger partial charge on any atom is 0.133 e. The Morgan fingerprint density at radius 3 is 1.06 bits per heavy atom. The van der Waals surface area contributed by atoms with E-state index in [1.165, 1.54) is 185 Å². The highest BCUT2D eigenvalue weighted by Crippen LogP contribution is 2.44. The molecule has 147 heavy (non-hydrogen) atoms. The van der Waals surface area contributed by atoms with Gasteiger partial charge >= 0.3 is 0 Å². The van der Waals surface area contributed by atoms with E-state index in [0.717, 1.165) is 34.3 Å². The molecule has 0 fully saturated rings. The zero-order chi connectivity index (χ0) is 103. The second-order valence-electron chi connectivity index (χ2n) is 37.1. The number of fused-ring (bicyclic) bond motifs is 13. The molecule has 0 atom stereocenters. The Labute approximate surface area is 896 Å². The third-order valence-corrected chi connectivity index (χ3v) is 32.0. The molecule has 15 heterocycles. The van der Waals surface area contributed by atoms with Gasteiger partial charge < -0.3 is 31.6 Å². The summed E-state index contributed by atoms with van der Waals surface area (Å²) in [6, 6.07) is 136. The Balaban J connectivity index is 0.000000140. The van der Waals surface area contributed by atoms with Crippen molar-refractivity contribution in [2.75, 3.05) is 0 Å². The SMILES string of the molecule is Cc1cc(-c2ccccc2)cs1.Cc1cc(-n2c3ccccc3c3cc4c5ccccc5n(-c5ccccc5)c4cc32)cc(-n2c3ccccc3c3cc4c5ccccc5n(-c5ccccc5)c4cc32)c1.Cc1cc2ccccc2s1.Cc1ccc(-c2ccccc2)s1.Cc1ccc(C(C)(C)C)s1.Cc1ccc(C)s1.Cc1ccco1.Cc1cccs1.Cc1ccno1.Cc1ccoc1.Cc1ccsc1.Cc1csc(C)c1. The lowest BCUT2D eigenvalue weighted by Crippen LogP contribution is -2.07. The van der Waals surface area contributed by atoms with E-state index >= 15 is 0 Å². The van der Waals surface area contributed by atoms with Gasteiger partial charge in [-0.2, -0.15) is 11.3 Å². The van der Waals surface area contributed by atoms with E-state index in [1.54, 1.807) is 76.4 Å². The standard InChI is InChI=1S/C55H36N4.2C11H10S.C9H8S.C9H14S.2C6H8S.2C5H6O.2C5H6S.C4H5NO/c1-35-28-38(58-50-26-14-10-22-42(50)46-31-44-40-20-8-12-24-48(40)56(52(44)33-54(46)58)36-16-4-2-5-17-36)30-39(29-35)59-51-27-15-11-23-43(51)47-32-45-41-21-9-13-25-49(41)57(53(45)34-55(47)59)37-18-6-3-7-19-37;1-9-7-11(8-12-9)10-5-3-2-4-6-10;1-9-7-8-11(12-9)10-5-3-2-4-6-10;1-7-6-8-4-2-3-5-9(8)10-7;1-7-5-6-8(10-7)9(2,3)4;1-5-3-6(2)7-4-5;1-5-3-4-6(2)7-5;1-5-2-3-6-4-5;1-5-3-2-4-6-5;1-5-2-3-6-4-5;1-5-3-2-4-6-5;1-4-2-3-5-6-4/h2-34H,1H3;2*2-8H,1H3;2-6H,1H3;5-6H,1-4H3;2*3-4H,1-2H3;4*2-4H,1H3;2-3H,1H3. The third kappa shape index (κ3) is 27.6. The molecular weight excluding hydrogens is 1950 g/mol. The smallest absolute Gasteiger partial charge is 0.133 e. The van der Waals surface area contributed by atoms with Gasteiger partial charge in [-0.25, -0.2) is 0 Å². The summed E-state index contributed by atoms with van der Waals surface area (Å²) in [5, 5.41) is 25.5. The van der Waals surface area contributed by atoms with E-state index in [0.29, 0.717) is 5.41 Å². The van der Waals surface area contributed by atoms with Crippen LogP contribution in [0.4, 0.5) is 0 Å². The molecule has 0 saturated carbocycles. The highest BCUT2D eigenvalue weighted by atomic mass is 32.1. The van der Waals surface area contributed by atoms with Gasteiger partial charge in [-0.15, -0.1) is 79.4 Å². The lowest BCUT2D eigenvalue weighted by molar-refractivity contribution is 0.397. The van der Waals surface area contributed by atoms with Gasteiger partial charge in [-0.1, -0.05) is 220 Å². The number of aromatic nitrogens is 5. The summed E-state index contributed by atoms with van der Waals surface area (Å²) in [5.41, 5.74) is 23.6. The van der Waals surface area contributed by atoms with Crippen molar-refractivity contribution in [3.05, 3.63) is 512 Å². The molecule has 27 rings (SSSR count). The van der Waals surface area contributed by atoms with Gasteiger partial charge in [0.25, 0.3) is 0 Å². The van der Waals surface area contributed by atoms with E-state index in [9.17, 15) is 0 Å². The molecule has 0 spiro atoms. The van der Waals surface area contributed by atoms with Crippen LogP contribution in [0.2, 0.25) is 0 Å². The van der Waals surface area contributed by atoms with E-state index in [-0.39, 0.29) is 0 Å². The molecule has 12 aromatic carbocycles. The van der Waals surface area contributed by atoms with Gasteiger partial charge in [-0.05, 0) is 356 Å². The highest BCUT2D eigenvalue weighted by Gasteiger charge is 2.23. The van der Waals surface area contributed by atoms with Gasteiger partial charge in [-0.3, -0.25) is 0 Å². The number of aryl methyl sites for hydroxylation is 14. The molecule has 27 aromatic rings. The lowest BCUT2D eigenvalue weighted by atomic mass is 9.95. The average molecular weight is 2070 g/mol. The first-order valence-corrected chi connectivity index (χ1v) is 56.0. The summed E-state index contributed by atoms with van der Waals surface area (Å²) >= 11 is 14.6.